The molecule has 1 N–H and O–H groups in total. The Balaban J connectivity index is 2.28. The molecule has 32 heavy (non-hydrogen) atoms. The summed E-state index contributed by atoms with van der Waals surface area (Å²) in [5.41, 5.74) is -2.92. The molecule has 2 aliphatic rings. The van der Waals surface area contributed by atoms with E-state index in [0.29, 0.717) is 0 Å². The Morgan fingerprint density at radius 1 is 1.34 bits per heavy atom. The molecule has 0 bridgehead atoms. The minimum Gasteiger partial charge on any atom is -0.497 e. The zero-order valence-electron chi connectivity index (χ0n) is 18.5. The molecule has 0 aromatic heterocycles. The second-order valence-corrected chi connectivity index (χ2v) is 8.71. The first-order valence-corrected chi connectivity index (χ1v) is 10.1. The smallest absolute Gasteiger partial charge is 0.421 e. The van der Waals surface area contributed by atoms with Crippen molar-refractivity contribution in [1.29, 1.82) is 0 Å². The Morgan fingerprint density at radius 3 is 2.53 bits per heavy atom. The van der Waals surface area contributed by atoms with E-state index in [1.54, 1.807) is 20.8 Å². The van der Waals surface area contributed by atoms with Crippen LogP contribution in [-0.4, -0.2) is 59.5 Å². The van der Waals surface area contributed by atoms with Crippen molar-refractivity contribution in [1.82, 2.24) is 0 Å². The number of benzene rings is 1. The van der Waals surface area contributed by atoms with Crippen LogP contribution < -0.4 is 9.64 Å². The number of aliphatic hydroxyl groups excluding tert-OH is 1. The van der Waals surface area contributed by atoms with Crippen molar-refractivity contribution < 1.29 is 38.6 Å². The van der Waals surface area contributed by atoms with E-state index in [4.69, 9.17) is 14.2 Å². The Labute approximate surface area is 184 Å². The summed E-state index contributed by atoms with van der Waals surface area (Å²) in [7, 11) is 1.38. The summed E-state index contributed by atoms with van der Waals surface area (Å²) < 4.78 is 15.7. The topological polar surface area (TPSA) is 146 Å². The van der Waals surface area contributed by atoms with E-state index in [0.717, 1.165) is 4.90 Å². The van der Waals surface area contributed by atoms with Crippen molar-refractivity contribution in [3.63, 3.8) is 0 Å². The van der Waals surface area contributed by atoms with Gasteiger partial charge in [0.05, 0.1) is 25.5 Å². The molecule has 11 nitrogen and oxygen atoms in total. The van der Waals surface area contributed by atoms with Gasteiger partial charge in [-0.05, 0) is 51.5 Å². The van der Waals surface area contributed by atoms with Crippen molar-refractivity contribution in [2.24, 2.45) is 5.92 Å². The van der Waals surface area contributed by atoms with Crippen LogP contribution in [0.3, 0.4) is 0 Å². The third kappa shape index (κ3) is 3.46. The summed E-state index contributed by atoms with van der Waals surface area (Å²) in [4.78, 5) is 51.5. The van der Waals surface area contributed by atoms with Gasteiger partial charge in [-0.25, -0.2) is 9.69 Å². The molecule has 1 fully saturated rings. The SMILES string of the molecule is CCOC(=O)C1C([N+](=O)[O-])CC(O)C12C(=O)N(C(=O)OC(C)(C)C)c1ccc(OC)cc12. The summed E-state index contributed by atoms with van der Waals surface area (Å²) in [5.74, 6) is -3.36. The van der Waals surface area contributed by atoms with Crippen LogP contribution in [0.5, 0.6) is 5.75 Å². The molecule has 1 aliphatic carbocycles. The molecule has 0 saturated heterocycles. The van der Waals surface area contributed by atoms with Crippen LogP contribution in [0, 0.1) is 16.0 Å². The maximum atomic E-state index is 13.8. The van der Waals surface area contributed by atoms with Crippen LogP contribution in [-0.2, 0) is 24.5 Å². The maximum Gasteiger partial charge on any atom is 0.421 e. The average Bonchev–Trinajstić information content (AvgIpc) is 3.14. The summed E-state index contributed by atoms with van der Waals surface area (Å²) in [6.45, 7) is 6.29. The highest BCUT2D eigenvalue weighted by atomic mass is 16.6. The molecular weight excluding hydrogens is 424 g/mol. The molecule has 1 heterocycles. The number of fused-ring (bicyclic) bond motifs is 2. The van der Waals surface area contributed by atoms with Crippen molar-refractivity contribution in [2.45, 2.75) is 57.3 Å². The highest BCUT2D eigenvalue weighted by Gasteiger charge is 2.73. The van der Waals surface area contributed by atoms with Gasteiger partial charge in [0.15, 0.2) is 0 Å². The molecular formula is C21H26N2O9. The Bertz CT molecular complexity index is 971. The third-order valence-corrected chi connectivity index (χ3v) is 5.70. The quantitative estimate of drug-likeness (QED) is 0.412. The fraction of sp³-hybridized carbons (Fsp3) is 0.571. The first-order valence-electron chi connectivity index (χ1n) is 10.1. The average molecular weight is 450 g/mol. The Hall–Kier alpha value is -3.21. The number of carbonyl (C=O) groups is 3. The second kappa shape index (κ2) is 8.05. The molecule has 1 saturated carbocycles. The number of imide groups is 1. The number of hydrogen-bond acceptors (Lipinski definition) is 9. The number of nitro groups is 1. The fourth-order valence-corrected chi connectivity index (χ4v) is 4.53. The van der Waals surface area contributed by atoms with Crippen LogP contribution >= 0.6 is 0 Å². The molecule has 4 unspecified atom stereocenters. The van der Waals surface area contributed by atoms with Crippen LogP contribution in [0.2, 0.25) is 0 Å². The van der Waals surface area contributed by atoms with Gasteiger partial charge in [0.25, 0.3) is 5.91 Å². The number of methoxy groups -OCH3 is 1. The molecule has 2 amide bonds. The summed E-state index contributed by atoms with van der Waals surface area (Å²) in [6.07, 6.45) is -3.12. The number of carbonyl (C=O) groups excluding carboxylic acids is 3. The zero-order chi connectivity index (χ0) is 24.0. The van der Waals surface area contributed by atoms with Gasteiger partial charge in [0, 0.05) is 11.3 Å². The highest BCUT2D eigenvalue weighted by Crippen LogP contribution is 2.56. The number of nitrogens with zero attached hydrogens (tertiary/aromatic N) is 2. The molecule has 4 atom stereocenters. The van der Waals surface area contributed by atoms with E-state index >= 15 is 0 Å². The zero-order valence-corrected chi connectivity index (χ0v) is 18.5. The lowest BCUT2D eigenvalue weighted by atomic mass is 9.71. The van der Waals surface area contributed by atoms with E-state index in [2.05, 4.69) is 0 Å². The standard InChI is InChI=1S/C21H26N2O9/c1-6-31-17(25)16-14(23(28)29)10-15(24)21(16)12-9-11(30-5)7-8-13(12)22(18(21)26)19(27)32-20(2,3)4/h7-9,14-16,24H,6,10H2,1-5H3. The van der Waals surface area contributed by atoms with Crippen molar-refractivity contribution in [3.05, 3.63) is 33.9 Å². The predicted molar refractivity (Wildman–Crippen MR) is 110 cm³/mol. The Kier molecular flexibility index (Phi) is 5.90. The van der Waals surface area contributed by atoms with Gasteiger partial charge in [0.1, 0.15) is 22.7 Å². The summed E-state index contributed by atoms with van der Waals surface area (Å²) in [5, 5.41) is 22.8. The van der Waals surface area contributed by atoms with Gasteiger partial charge >= 0.3 is 12.1 Å². The minimum absolute atomic E-state index is 0.0578. The first kappa shape index (κ1) is 23.5. The number of rotatable bonds is 4. The van der Waals surface area contributed by atoms with Crippen molar-refractivity contribution >= 4 is 23.7 Å². The largest absolute Gasteiger partial charge is 0.497 e. The number of esters is 1. The molecule has 174 valence electrons. The lowest BCUT2D eigenvalue weighted by Gasteiger charge is -2.31. The highest BCUT2D eigenvalue weighted by molar-refractivity contribution is 6.23. The van der Waals surface area contributed by atoms with Gasteiger partial charge < -0.3 is 19.3 Å². The van der Waals surface area contributed by atoms with Gasteiger partial charge in [0.2, 0.25) is 6.04 Å². The lowest BCUT2D eigenvalue weighted by molar-refractivity contribution is -0.527. The van der Waals surface area contributed by atoms with Crippen LogP contribution in [0.1, 0.15) is 39.7 Å². The van der Waals surface area contributed by atoms with Gasteiger partial charge in [-0.2, -0.15) is 0 Å². The molecule has 1 aromatic carbocycles. The van der Waals surface area contributed by atoms with Crippen molar-refractivity contribution in [2.75, 3.05) is 18.6 Å². The van der Waals surface area contributed by atoms with Gasteiger partial charge in [-0.3, -0.25) is 19.7 Å². The van der Waals surface area contributed by atoms with Crippen LogP contribution in [0.25, 0.3) is 0 Å². The maximum absolute atomic E-state index is 13.8. The van der Waals surface area contributed by atoms with E-state index in [-0.39, 0.29) is 23.6 Å². The van der Waals surface area contributed by atoms with Crippen LogP contribution in [0.4, 0.5) is 10.5 Å². The number of anilines is 1. The summed E-state index contributed by atoms with van der Waals surface area (Å²) >= 11 is 0. The predicted octanol–water partition coefficient (Wildman–Crippen LogP) is 1.80. The van der Waals surface area contributed by atoms with Gasteiger partial charge in [-0.1, -0.05) is 0 Å². The normalized spacial score (nSPS) is 26.8. The number of aliphatic hydroxyl groups is 1. The molecule has 0 radical (unpaired) electrons. The van der Waals surface area contributed by atoms with E-state index in [9.17, 15) is 29.6 Å². The van der Waals surface area contributed by atoms with E-state index in [1.165, 1.54) is 32.2 Å². The molecule has 1 aliphatic heterocycles. The number of amides is 2. The number of hydrogen-bond donors (Lipinski definition) is 1. The second-order valence-electron chi connectivity index (χ2n) is 8.71. The molecule has 1 spiro atoms. The number of ether oxygens (including phenoxy) is 3. The van der Waals surface area contributed by atoms with E-state index in [1.807, 2.05) is 0 Å². The molecule has 11 heteroatoms. The summed E-state index contributed by atoms with van der Waals surface area (Å²) in [6, 6.07) is 2.72. The third-order valence-electron chi connectivity index (χ3n) is 5.70. The fourth-order valence-electron chi connectivity index (χ4n) is 4.53. The lowest BCUT2D eigenvalue weighted by Crippen LogP contribution is -2.55. The Morgan fingerprint density at radius 2 is 2.00 bits per heavy atom. The molecule has 1 aromatic rings. The molecule has 3 rings (SSSR count). The van der Waals surface area contributed by atoms with E-state index < -0.39 is 58.4 Å². The minimum atomic E-state index is -2.11. The first-order chi connectivity index (χ1) is 14.9. The van der Waals surface area contributed by atoms with Crippen molar-refractivity contribution in [3.8, 4) is 5.75 Å². The van der Waals surface area contributed by atoms with Gasteiger partial charge in [-0.15, -0.1) is 0 Å². The monoisotopic (exact) mass is 450 g/mol. The van der Waals surface area contributed by atoms with Crippen LogP contribution in [0.15, 0.2) is 18.2 Å².